The van der Waals surface area contributed by atoms with Gasteiger partial charge in [0.15, 0.2) is 0 Å². The Kier molecular flexibility index (Phi) is 4.25. The maximum absolute atomic E-state index is 10.7. The van der Waals surface area contributed by atoms with Crippen molar-refractivity contribution in [1.29, 1.82) is 0 Å². The Morgan fingerprint density at radius 3 is 2.55 bits per heavy atom. The molecule has 2 atom stereocenters. The summed E-state index contributed by atoms with van der Waals surface area (Å²) in [5, 5.41) is 11.4. The third-order valence-corrected chi connectivity index (χ3v) is 1.59. The Balaban J connectivity index is 0. The molecule has 1 heterocycles. The first-order valence-corrected chi connectivity index (χ1v) is 3.09. The van der Waals surface area contributed by atoms with Crippen LogP contribution in [0.15, 0.2) is 0 Å². The van der Waals surface area contributed by atoms with Gasteiger partial charge >= 0.3 is 29.6 Å². The first kappa shape index (κ1) is 11.1. The van der Waals surface area contributed by atoms with Gasteiger partial charge in [-0.2, -0.15) is 0 Å². The summed E-state index contributed by atoms with van der Waals surface area (Å²) in [7, 11) is 0. The number of carbonyl (C=O) groups is 2. The summed E-state index contributed by atoms with van der Waals surface area (Å²) in [5.74, 6) is -1.47. The van der Waals surface area contributed by atoms with E-state index in [1.54, 1.807) is 0 Å². The quantitative estimate of drug-likeness (QED) is 0.307. The Morgan fingerprint density at radius 2 is 2.36 bits per heavy atom. The van der Waals surface area contributed by atoms with E-state index >= 15 is 0 Å². The molecule has 11 heavy (non-hydrogen) atoms. The molecule has 1 aliphatic rings. The number of rotatable bonds is 1. The van der Waals surface area contributed by atoms with Crippen LogP contribution in [0.3, 0.4) is 0 Å². The van der Waals surface area contributed by atoms with Crippen molar-refractivity contribution < 1.29 is 45.7 Å². The van der Waals surface area contributed by atoms with Crippen LogP contribution in [-0.2, 0) is 9.59 Å². The number of Topliss-reactive ketones (excluding diaryl/α,β-unsaturated/α-hetero) is 1. The van der Waals surface area contributed by atoms with Gasteiger partial charge in [0.1, 0.15) is 11.7 Å². The zero-order valence-corrected chi connectivity index (χ0v) is 8.63. The van der Waals surface area contributed by atoms with Crippen molar-refractivity contribution in [3.05, 3.63) is 0 Å². The van der Waals surface area contributed by atoms with Crippen molar-refractivity contribution in [1.82, 2.24) is 5.32 Å². The molecule has 0 radical (unpaired) electrons. The number of nitrogens with one attached hydrogen (secondary N) is 1. The van der Waals surface area contributed by atoms with Crippen LogP contribution in [0.4, 0.5) is 0 Å². The molecule has 1 aliphatic heterocycles. The largest absolute Gasteiger partial charge is 1.00 e. The maximum Gasteiger partial charge on any atom is 1.00 e. The van der Waals surface area contributed by atoms with E-state index in [4.69, 9.17) is 5.11 Å². The monoisotopic (exact) mass is 167 g/mol. The molecule has 1 amide bonds. The standard InChI is InChI=1S/C6H9NO3.Na.H/c1-3(8)5-4(9)2-7-6(5)10;;/h4-5,9H,2H2,1H3,(H,7,10);;/q;+1;-1. The molecule has 0 aromatic heterocycles. The van der Waals surface area contributed by atoms with Crippen LogP contribution >= 0.6 is 0 Å². The molecule has 58 valence electrons. The van der Waals surface area contributed by atoms with Gasteiger partial charge < -0.3 is 11.8 Å². The van der Waals surface area contributed by atoms with Gasteiger partial charge in [0, 0.05) is 6.54 Å². The van der Waals surface area contributed by atoms with Gasteiger partial charge in [-0.1, -0.05) is 0 Å². The second-order valence-corrected chi connectivity index (χ2v) is 2.40. The van der Waals surface area contributed by atoms with E-state index in [2.05, 4.69) is 5.32 Å². The molecule has 0 spiro atoms. The van der Waals surface area contributed by atoms with Gasteiger partial charge in [-0.15, -0.1) is 0 Å². The van der Waals surface area contributed by atoms with Crippen molar-refractivity contribution in [2.75, 3.05) is 6.54 Å². The minimum atomic E-state index is -0.833. The van der Waals surface area contributed by atoms with Crippen molar-refractivity contribution >= 4 is 11.7 Å². The van der Waals surface area contributed by atoms with Crippen LogP contribution < -0.4 is 34.9 Å². The second kappa shape index (κ2) is 4.21. The minimum absolute atomic E-state index is 0. The normalized spacial score (nSPS) is 29.1. The van der Waals surface area contributed by atoms with Crippen molar-refractivity contribution in [3.8, 4) is 0 Å². The minimum Gasteiger partial charge on any atom is -1.00 e. The Hall–Kier alpha value is 0.1000. The van der Waals surface area contributed by atoms with Gasteiger partial charge in [-0.25, -0.2) is 0 Å². The molecule has 0 aliphatic carbocycles. The zero-order valence-electron chi connectivity index (χ0n) is 7.63. The van der Waals surface area contributed by atoms with E-state index in [9.17, 15) is 9.59 Å². The molecular formula is C6H10NNaO3. The third kappa shape index (κ3) is 2.27. The predicted octanol–water partition coefficient (Wildman–Crippen LogP) is -4.20. The summed E-state index contributed by atoms with van der Waals surface area (Å²) in [6.07, 6.45) is -0.829. The molecule has 0 bridgehead atoms. The number of aliphatic hydroxyl groups excluding tert-OH is 1. The Morgan fingerprint density at radius 1 is 1.82 bits per heavy atom. The summed E-state index contributed by atoms with van der Waals surface area (Å²) in [6, 6.07) is 0. The molecule has 2 N–H and O–H groups in total. The average molecular weight is 167 g/mol. The Bertz CT molecular complexity index is 188. The van der Waals surface area contributed by atoms with E-state index in [1.807, 2.05) is 0 Å². The number of ketones is 1. The number of hydrogen-bond donors (Lipinski definition) is 2. The van der Waals surface area contributed by atoms with Crippen LogP contribution in [0, 0.1) is 5.92 Å². The first-order chi connectivity index (χ1) is 4.63. The van der Waals surface area contributed by atoms with Crippen molar-refractivity contribution in [2.24, 2.45) is 5.92 Å². The molecule has 1 saturated heterocycles. The van der Waals surface area contributed by atoms with E-state index < -0.39 is 12.0 Å². The van der Waals surface area contributed by atoms with Crippen molar-refractivity contribution in [2.45, 2.75) is 13.0 Å². The van der Waals surface area contributed by atoms with Crippen LogP contribution in [0.1, 0.15) is 8.35 Å². The smallest absolute Gasteiger partial charge is 1.00 e. The molecule has 4 nitrogen and oxygen atoms in total. The predicted molar refractivity (Wildman–Crippen MR) is 34.3 cm³/mol. The second-order valence-electron chi connectivity index (χ2n) is 2.40. The van der Waals surface area contributed by atoms with Crippen LogP contribution in [0.25, 0.3) is 0 Å². The molecule has 5 heteroatoms. The molecule has 0 aromatic carbocycles. The zero-order chi connectivity index (χ0) is 7.72. The van der Waals surface area contributed by atoms with E-state index in [0.717, 1.165) is 0 Å². The first-order valence-electron chi connectivity index (χ1n) is 3.09. The number of β-amino-alcohol motifs (C(OH)–C–C–N with tert-alkyl or cyclic N) is 1. The fourth-order valence-electron chi connectivity index (χ4n) is 1.06. The van der Waals surface area contributed by atoms with E-state index in [1.165, 1.54) is 6.92 Å². The van der Waals surface area contributed by atoms with Crippen LogP contribution in [0.5, 0.6) is 0 Å². The fourth-order valence-corrected chi connectivity index (χ4v) is 1.06. The summed E-state index contributed by atoms with van der Waals surface area (Å²) in [4.78, 5) is 21.4. The summed E-state index contributed by atoms with van der Waals surface area (Å²) in [5.41, 5.74) is 0. The fraction of sp³-hybridized carbons (Fsp3) is 0.667. The van der Waals surface area contributed by atoms with Gasteiger partial charge in [0.2, 0.25) is 5.91 Å². The molecular weight excluding hydrogens is 157 g/mol. The average Bonchev–Trinajstić information content (AvgIpc) is 2.11. The third-order valence-electron chi connectivity index (χ3n) is 1.59. The van der Waals surface area contributed by atoms with Crippen LogP contribution in [-0.4, -0.2) is 29.4 Å². The van der Waals surface area contributed by atoms with Gasteiger partial charge in [-0.05, 0) is 6.92 Å². The molecule has 0 saturated carbocycles. The Labute approximate surface area is 88.1 Å². The van der Waals surface area contributed by atoms with Gasteiger partial charge in [0.05, 0.1) is 6.10 Å². The summed E-state index contributed by atoms with van der Waals surface area (Å²) in [6.45, 7) is 1.50. The molecule has 2 unspecified atom stereocenters. The van der Waals surface area contributed by atoms with E-state index in [-0.39, 0.29) is 49.2 Å². The van der Waals surface area contributed by atoms with Gasteiger partial charge in [-0.3, -0.25) is 9.59 Å². The SMILES string of the molecule is CC(=O)C1C(=O)NCC1O.[H-].[Na+]. The molecule has 0 aromatic rings. The van der Waals surface area contributed by atoms with Gasteiger partial charge in [0.25, 0.3) is 0 Å². The van der Waals surface area contributed by atoms with Crippen molar-refractivity contribution in [3.63, 3.8) is 0 Å². The number of hydrogen-bond acceptors (Lipinski definition) is 3. The number of carbonyl (C=O) groups excluding carboxylic acids is 2. The van der Waals surface area contributed by atoms with E-state index in [0.29, 0.717) is 0 Å². The maximum atomic E-state index is 10.7. The topological polar surface area (TPSA) is 66.4 Å². The number of amides is 1. The summed E-state index contributed by atoms with van der Waals surface area (Å²) >= 11 is 0. The van der Waals surface area contributed by atoms with Crippen LogP contribution in [0.2, 0.25) is 0 Å². The number of aliphatic hydroxyl groups is 1. The summed E-state index contributed by atoms with van der Waals surface area (Å²) < 4.78 is 0. The molecule has 1 rings (SSSR count). The molecule has 1 fully saturated rings.